The molecule has 0 aromatic heterocycles. The van der Waals surface area contributed by atoms with Crippen LogP contribution in [0.3, 0.4) is 0 Å². The Bertz CT molecular complexity index is 6840. The maximum absolute atomic E-state index is 2.30. The van der Waals surface area contributed by atoms with Gasteiger partial charge in [-0.25, -0.2) is 0 Å². The van der Waals surface area contributed by atoms with Crippen LogP contribution in [0.4, 0.5) is 102 Å². The van der Waals surface area contributed by atoms with Gasteiger partial charge in [-0.3, -0.25) is 0 Å². The van der Waals surface area contributed by atoms with Gasteiger partial charge >= 0.3 is 0 Å². The van der Waals surface area contributed by atoms with E-state index in [1.807, 2.05) is 18.2 Å². The van der Waals surface area contributed by atoms with E-state index >= 15 is 0 Å². The van der Waals surface area contributed by atoms with Crippen molar-refractivity contribution in [2.24, 2.45) is 0 Å². The van der Waals surface area contributed by atoms with Crippen LogP contribution in [-0.4, -0.2) is 42.3 Å². The zero-order valence-corrected chi connectivity index (χ0v) is 82.8. The van der Waals surface area contributed by atoms with E-state index in [2.05, 4.69) is 618 Å². The van der Waals surface area contributed by atoms with Crippen molar-refractivity contribution in [3.63, 3.8) is 0 Å². The highest BCUT2D eigenvalue weighted by atomic mass is 15.2. The Kier molecular flexibility index (Phi) is 33.9. The van der Waals surface area contributed by atoms with Gasteiger partial charge in [-0.1, -0.05) is 311 Å². The topological polar surface area (TPSA) is 25.9 Å². The van der Waals surface area contributed by atoms with Gasteiger partial charge in [-0.05, 0) is 332 Å². The monoisotopic (exact) mass is 1800 g/mol. The minimum atomic E-state index is 1.14. The smallest absolute Gasteiger partial charge is 0.0463 e. The Morgan fingerprint density at radius 3 is 0.420 bits per heavy atom. The van der Waals surface area contributed by atoms with Crippen molar-refractivity contribution in [1.29, 1.82) is 0 Å². The Labute approximate surface area is 821 Å². The van der Waals surface area contributed by atoms with E-state index < -0.39 is 0 Å². The summed E-state index contributed by atoms with van der Waals surface area (Å²) in [5.74, 6) is 0. The van der Waals surface area contributed by atoms with Gasteiger partial charge in [-0.2, -0.15) is 0 Å². The van der Waals surface area contributed by atoms with Crippen LogP contribution in [0, 0.1) is 69.2 Å². The maximum atomic E-state index is 2.30. The molecule has 0 spiro atoms. The summed E-state index contributed by atoms with van der Waals surface area (Å²) >= 11 is 0. The molecule has 138 heavy (non-hydrogen) atoms. The van der Waals surface area contributed by atoms with E-state index in [0.717, 1.165) is 45.5 Å². The van der Waals surface area contributed by atoms with Gasteiger partial charge in [0.05, 0.1) is 0 Å². The van der Waals surface area contributed by atoms with Crippen LogP contribution >= 0.6 is 0 Å². The molecule has 0 atom stereocenters. The first-order valence-electron chi connectivity index (χ1n) is 47.4. The summed E-state index contributed by atoms with van der Waals surface area (Å²) < 4.78 is 0. The second-order valence-electron chi connectivity index (χ2n) is 35.5. The van der Waals surface area contributed by atoms with Crippen LogP contribution in [-0.2, 0) is 0 Å². The summed E-state index contributed by atoms with van der Waals surface area (Å²) in [5.41, 5.74) is 41.5. The first-order chi connectivity index (χ1) is 67.0. The van der Waals surface area contributed by atoms with E-state index in [4.69, 9.17) is 0 Å². The molecule has 0 radical (unpaired) electrons. The van der Waals surface area contributed by atoms with Crippen molar-refractivity contribution in [3.05, 3.63) is 541 Å². The van der Waals surface area contributed by atoms with Crippen molar-refractivity contribution in [3.8, 4) is 33.4 Å². The molecule has 19 aromatic rings. The molecule has 0 unspecified atom stereocenters. The summed E-state index contributed by atoms with van der Waals surface area (Å²) in [4.78, 5) is 17.8. The standard InChI is InChI=1S/C28H28N2.C26H24N2.2C21H21N.C20H19N.C14H15N/c1-21-5-11-24(12-6-21)29(4)25-17-19-28(20-18-25)30(26-13-7-22(2)8-14-26)27-15-9-23(3)10-16-27;1-21-13-15-25(16-14-21)28(24-11-7-4-8-12-24)26-19-17-23(18-20-26)27(2)22-9-5-3-6-10-22;1-16-4-8-18(9-5-16)19-10-14-21(15-11-19)22(3)20-12-6-17(2)7-13-20;1-16-7-9-18(10-8-16)19-11-13-20(14-12-19)22(3)21-6-4-5-17(2)15-21;1-16-8-10-17(11-9-16)18-12-14-20(15-13-18)21(2)19-6-4-3-5-7-19;1-12-7-6-10-14(11-12)15(2)13-8-4-3-5-9-13/h5-20H,1-4H3;3-20H,1-2H3;2*4-15H,1-3H3;3-15H,1-2H3;3-11H,1-2H3. The van der Waals surface area contributed by atoms with Gasteiger partial charge in [0.25, 0.3) is 0 Å². The fraction of sp³-hybridized carbons (Fsp3) is 0.123. The first-order valence-corrected chi connectivity index (χ1v) is 47.4. The van der Waals surface area contributed by atoms with Crippen LogP contribution in [0.25, 0.3) is 33.4 Å². The van der Waals surface area contributed by atoms with Crippen molar-refractivity contribution in [2.45, 2.75) is 69.2 Å². The zero-order chi connectivity index (χ0) is 96.8. The highest BCUT2D eigenvalue weighted by Gasteiger charge is 2.18. The quantitative estimate of drug-likeness (QED) is 0.0702. The molecular weight excluding hydrogens is 1670 g/mol. The highest BCUT2D eigenvalue weighted by Crippen LogP contribution is 2.41. The minimum absolute atomic E-state index is 1.14. The minimum Gasteiger partial charge on any atom is -0.345 e. The third-order valence-electron chi connectivity index (χ3n) is 24.9. The summed E-state index contributed by atoms with van der Waals surface area (Å²) in [6.45, 7) is 21.2. The van der Waals surface area contributed by atoms with Gasteiger partial charge < -0.3 is 39.2 Å². The number of benzene rings is 19. The van der Waals surface area contributed by atoms with Gasteiger partial charge in [0.2, 0.25) is 0 Å². The summed E-state index contributed by atoms with van der Waals surface area (Å²) in [7, 11) is 12.6. The molecule has 19 rings (SSSR count). The van der Waals surface area contributed by atoms with Gasteiger partial charge in [0.1, 0.15) is 0 Å². The molecule has 0 bridgehead atoms. The van der Waals surface area contributed by atoms with Crippen LogP contribution in [0.5, 0.6) is 0 Å². The van der Waals surface area contributed by atoms with Gasteiger partial charge in [0, 0.05) is 145 Å². The van der Waals surface area contributed by atoms with E-state index in [9.17, 15) is 0 Å². The molecule has 0 saturated heterocycles. The second kappa shape index (κ2) is 48.0. The van der Waals surface area contributed by atoms with Gasteiger partial charge in [0.15, 0.2) is 0 Å². The molecule has 0 aliphatic carbocycles. The SMILES string of the molecule is Cc1ccc(-c2ccc(N(C)c3ccc(C)cc3)cc2)cc1.Cc1ccc(-c2ccc(N(C)c3cccc(C)c3)cc2)cc1.Cc1ccc(-c2ccc(N(C)c3ccccc3)cc2)cc1.Cc1ccc(N(C)c2ccc(N(c3ccc(C)cc3)c3ccc(C)cc3)cc2)cc1.Cc1ccc(N(c2ccccc2)c2ccc(N(C)c3ccccc3)cc2)cc1.Cc1cccc(N(C)c2ccccc2)c1. The molecule has 19 aromatic carbocycles. The molecule has 8 heteroatoms. The van der Waals surface area contributed by atoms with Crippen LogP contribution < -0.4 is 39.2 Å². The Balaban J connectivity index is 0.000000134. The summed E-state index contributed by atoms with van der Waals surface area (Å²) in [5, 5.41) is 0. The number of hydrogen-bond donors (Lipinski definition) is 0. The number of hydrogen-bond acceptors (Lipinski definition) is 8. The third kappa shape index (κ3) is 27.0. The molecule has 0 heterocycles. The number of para-hydroxylation sites is 4. The number of rotatable bonds is 21. The van der Waals surface area contributed by atoms with Crippen molar-refractivity contribution >= 4 is 102 Å². The van der Waals surface area contributed by atoms with E-state index in [1.165, 1.54) is 146 Å². The molecule has 0 saturated carbocycles. The third-order valence-corrected chi connectivity index (χ3v) is 24.9. The predicted octanol–water partition coefficient (Wildman–Crippen LogP) is 35.8. The average Bonchev–Trinajstić information content (AvgIpc) is 0.795. The molecule has 688 valence electrons. The Morgan fingerprint density at radius 1 is 0.101 bits per heavy atom. The zero-order valence-electron chi connectivity index (χ0n) is 82.8. The molecule has 0 amide bonds. The van der Waals surface area contributed by atoms with Crippen LogP contribution in [0.2, 0.25) is 0 Å². The van der Waals surface area contributed by atoms with Crippen molar-refractivity contribution in [1.82, 2.24) is 0 Å². The van der Waals surface area contributed by atoms with Crippen molar-refractivity contribution in [2.75, 3.05) is 81.5 Å². The molecule has 0 aliphatic heterocycles. The number of aryl methyl sites for hydroxylation is 10. The lowest BCUT2D eigenvalue weighted by Crippen LogP contribution is -2.12. The molecule has 8 nitrogen and oxygen atoms in total. The lowest BCUT2D eigenvalue weighted by atomic mass is 10.0. The highest BCUT2D eigenvalue weighted by molar-refractivity contribution is 5.82. The van der Waals surface area contributed by atoms with E-state index in [-0.39, 0.29) is 0 Å². The van der Waals surface area contributed by atoms with E-state index in [0.29, 0.717) is 0 Å². The summed E-state index contributed by atoms with van der Waals surface area (Å²) in [6, 6.07) is 172. The Morgan fingerprint density at radius 2 is 0.225 bits per heavy atom. The van der Waals surface area contributed by atoms with Crippen molar-refractivity contribution < 1.29 is 0 Å². The Hall–Kier alpha value is -16.4. The lowest BCUT2D eigenvalue weighted by Gasteiger charge is -2.27. The average molecular weight is 1800 g/mol. The summed E-state index contributed by atoms with van der Waals surface area (Å²) in [6.07, 6.45) is 0. The lowest BCUT2D eigenvalue weighted by molar-refractivity contribution is 1.20. The fourth-order valence-electron chi connectivity index (χ4n) is 16.1. The van der Waals surface area contributed by atoms with E-state index in [1.54, 1.807) is 0 Å². The first kappa shape index (κ1) is 97.6. The molecule has 0 N–H and O–H groups in total. The number of anilines is 18. The predicted molar refractivity (Wildman–Crippen MR) is 599 cm³/mol. The maximum Gasteiger partial charge on any atom is 0.0463 e. The van der Waals surface area contributed by atoms with Gasteiger partial charge in [-0.15, -0.1) is 0 Å². The molecule has 0 aliphatic rings. The molecular formula is C130H128N8. The fourth-order valence-corrected chi connectivity index (χ4v) is 16.1. The molecule has 0 fully saturated rings. The number of nitrogens with zero attached hydrogens (tertiary/aromatic N) is 8. The van der Waals surface area contributed by atoms with Crippen LogP contribution in [0.15, 0.2) is 485 Å². The normalized spacial score (nSPS) is 10.5. The largest absolute Gasteiger partial charge is 0.345 e. The second-order valence-corrected chi connectivity index (χ2v) is 35.5. The van der Waals surface area contributed by atoms with Crippen LogP contribution in [0.1, 0.15) is 55.6 Å².